The van der Waals surface area contributed by atoms with Gasteiger partial charge in [0.05, 0.1) is 10.1 Å². The third-order valence-electron chi connectivity index (χ3n) is 3.15. The van der Waals surface area contributed by atoms with Crippen LogP contribution in [-0.4, -0.2) is 26.1 Å². The molecule has 0 aromatic carbocycles. The molecular weight excluding hydrogens is 246 g/mol. The van der Waals surface area contributed by atoms with Crippen molar-refractivity contribution >= 4 is 27.1 Å². The van der Waals surface area contributed by atoms with E-state index in [1.807, 2.05) is 0 Å². The maximum absolute atomic E-state index is 12.3. The van der Waals surface area contributed by atoms with Gasteiger partial charge in [-0.2, -0.15) is 0 Å². The minimum Gasteiger partial charge on any atom is -0.350 e. The lowest BCUT2D eigenvalue weighted by Crippen LogP contribution is -2.34. The largest absolute Gasteiger partial charge is 0.350 e. The van der Waals surface area contributed by atoms with Gasteiger partial charge in [-0.1, -0.05) is 0 Å². The van der Waals surface area contributed by atoms with Crippen molar-refractivity contribution < 1.29 is 13.2 Å². The SMILES string of the molecule is O=C1NCC(C2CC2)S(=O)(=O)c2ccsc21. The minimum absolute atomic E-state index is 0.226. The van der Waals surface area contributed by atoms with E-state index in [9.17, 15) is 13.2 Å². The Morgan fingerprint density at radius 3 is 2.81 bits per heavy atom. The monoisotopic (exact) mass is 257 g/mol. The van der Waals surface area contributed by atoms with Crippen molar-refractivity contribution in [1.29, 1.82) is 0 Å². The summed E-state index contributed by atoms with van der Waals surface area (Å²) >= 11 is 1.19. The molecule has 1 aliphatic heterocycles. The number of hydrogen-bond acceptors (Lipinski definition) is 4. The maximum Gasteiger partial charge on any atom is 0.262 e. The first-order valence-corrected chi connectivity index (χ1v) is 7.63. The van der Waals surface area contributed by atoms with Gasteiger partial charge >= 0.3 is 0 Å². The van der Waals surface area contributed by atoms with E-state index in [2.05, 4.69) is 5.32 Å². The molecule has 0 spiro atoms. The second-order valence-corrected chi connectivity index (χ2v) is 7.30. The van der Waals surface area contributed by atoms with Crippen LogP contribution in [0.15, 0.2) is 16.3 Å². The van der Waals surface area contributed by atoms with Crippen molar-refractivity contribution in [2.45, 2.75) is 23.0 Å². The zero-order valence-corrected chi connectivity index (χ0v) is 10.1. The Balaban J connectivity index is 2.15. The Morgan fingerprint density at radius 2 is 2.12 bits per heavy atom. The van der Waals surface area contributed by atoms with Crippen molar-refractivity contribution in [3.05, 3.63) is 16.3 Å². The van der Waals surface area contributed by atoms with E-state index in [0.717, 1.165) is 12.8 Å². The van der Waals surface area contributed by atoms with E-state index in [1.165, 1.54) is 11.3 Å². The molecule has 86 valence electrons. The number of carbonyl (C=O) groups excluding carboxylic acids is 1. The summed E-state index contributed by atoms with van der Waals surface area (Å²) < 4.78 is 24.7. The van der Waals surface area contributed by atoms with Crippen LogP contribution in [0, 0.1) is 5.92 Å². The second kappa shape index (κ2) is 3.30. The molecule has 2 aliphatic rings. The van der Waals surface area contributed by atoms with Crippen LogP contribution in [0.2, 0.25) is 0 Å². The summed E-state index contributed by atoms with van der Waals surface area (Å²) in [5.41, 5.74) is 0. The first kappa shape index (κ1) is 10.3. The third-order valence-corrected chi connectivity index (χ3v) is 6.50. The quantitative estimate of drug-likeness (QED) is 0.817. The Labute approximate surface area is 97.6 Å². The average molecular weight is 257 g/mol. The van der Waals surface area contributed by atoms with Crippen molar-refractivity contribution in [1.82, 2.24) is 5.32 Å². The third kappa shape index (κ3) is 1.40. The molecule has 0 bridgehead atoms. The van der Waals surface area contributed by atoms with Crippen LogP contribution in [0.5, 0.6) is 0 Å². The van der Waals surface area contributed by atoms with Crippen molar-refractivity contribution in [3.8, 4) is 0 Å². The molecule has 1 fully saturated rings. The zero-order valence-electron chi connectivity index (χ0n) is 8.47. The first-order valence-electron chi connectivity index (χ1n) is 5.20. The lowest BCUT2D eigenvalue weighted by molar-refractivity contribution is 0.0956. The number of nitrogens with one attached hydrogen (secondary N) is 1. The fourth-order valence-corrected chi connectivity index (χ4v) is 5.42. The van der Waals surface area contributed by atoms with Crippen LogP contribution >= 0.6 is 11.3 Å². The average Bonchev–Trinajstić information content (AvgIpc) is 2.94. The molecule has 1 aromatic rings. The lowest BCUT2D eigenvalue weighted by Gasteiger charge is -2.13. The van der Waals surface area contributed by atoms with Crippen LogP contribution in [0.25, 0.3) is 0 Å². The number of carbonyl (C=O) groups is 1. The summed E-state index contributed by atoms with van der Waals surface area (Å²) in [6.07, 6.45) is 1.92. The molecule has 1 saturated carbocycles. The van der Waals surface area contributed by atoms with E-state index in [0.29, 0.717) is 4.88 Å². The Bertz CT molecular complexity index is 542. The smallest absolute Gasteiger partial charge is 0.262 e. The fraction of sp³-hybridized carbons (Fsp3) is 0.500. The molecule has 1 atom stereocenters. The number of amides is 1. The standard InChI is InChI=1S/C10H11NO3S2/c12-10-9-7(3-4-15-9)16(13,14)8(5-11-10)6-1-2-6/h3-4,6,8H,1-2,5H2,(H,11,12). The number of rotatable bonds is 1. The van der Waals surface area contributed by atoms with Gasteiger partial charge in [0.25, 0.3) is 5.91 Å². The van der Waals surface area contributed by atoms with Crippen LogP contribution in [-0.2, 0) is 9.84 Å². The van der Waals surface area contributed by atoms with E-state index in [1.54, 1.807) is 11.4 Å². The molecule has 1 N–H and O–H groups in total. The van der Waals surface area contributed by atoms with Gasteiger partial charge in [0.15, 0.2) is 9.84 Å². The number of hydrogen-bond donors (Lipinski definition) is 1. The highest BCUT2D eigenvalue weighted by Crippen LogP contribution is 2.40. The Hall–Kier alpha value is -0.880. The van der Waals surface area contributed by atoms with Crippen LogP contribution < -0.4 is 5.32 Å². The zero-order chi connectivity index (χ0) is 11.3. The first-order chi connectivity index (χ1) is 7.60. The number of sulfone groups is 1. The molecule has 0 radical (unpaired) electrons. The predicted molar refractivity (Wildman–Crippen MR) is 60.4 cm³/mol. The van der Waals surface area contributed by atoms with E-state index in [-0.39, 0.29) is 23.3 Å². The summed E-state index contributed by atoms with van der Waals surface area (Å²) in [6.45, 7) is 0.257. The summed E-state index contributed by atoms with van der Waals surface area (Å²) in [5, 5.41) is 3.95. The molecule has 2 heterocycles. The molecule has 16 heavy (non-hydrogen) atoms. The van der Waals surface area contributed by atoms with Gasteiger partial charge in [-0.15, -0.1) is 11.3 Å². The topological polar surface area (TPSA) is 63.2 Å². The fourth-order valence-electron chi connectivity index (χ4n) is 2.12. The van der Waals surface area contributed by atoms with Gasteiger partial charge < -0.3 is 5.32 Å². The molecule has 1 aromatic heterocycles. The molecule has 1 amide bonds. The van der Waals surface area contributed by atoms with Gasteiger partial charge in [-0.25, -0.2) is 8.42 Å². The maximum atomic E-state index is 12.3. The highest BCUT2D eigenvalue weighted by molar-refractivity contribution is 7.92. The van der Waals surface area contributed by atoms with Gasteiger partial charge in [0.2, 0.25) is 0 Å². The number of thiophene rings is 1. The Kier molecular flexibility index (Phi) is 2.12. The highest BCUT2D eigenvalue weighted by Gasteiger charge is 2.44. The van der Waals surface area contributed by atoms with Crippen molar-refractivity contribution in [2.24, 2.45) is 5.92 Å². The van der Waals surface area contributed by atoms with Crippen LogP contribution in [0.3, 0.4) is 0 Å². The summed E-state index contributed by atoms with van der Waals surface area (Å²) in [4.78, 5) is 12.2. The molecule has 3 rings (SSSR count). The molecule has 4 nitrogen and oxygen atoms in total. The van der Waals surface area contributed by atoms with Gasteiger partial charge in [-0.05, 0) is 30.2 Å². The molecule has 6 heteroatoms. The van der Waals surface area contributed by atoms with Crippen molar-refractivity contribution in [3.63, 3.8) is 0 Å². The normalized spacial score (nSPS) is 28.0. The van der Waals surface area contributed by atoms with Gasteiger partial charge in [-0.3, -0.25) is 4.79 Å². The lowest BCUT2D eigenvalue weighted by atomic mass is 10.3. The molecule has 1 unspecified atom stereocenters. The van der Waals surface area contributed by atoms with E-state index in [4.69, 9.17) is 0 Å². The predicted octanol–water partition coefficient (Wildman–Crippen LogP) is 1.04. The number of fused-ring (bicyclic) bond motifs is 1. The minimum atomic E-state index is -3.32. The van der Waals surface area contributed by atoms with Crippen LogP contribution in [0.1, 0.15) is 22.5 Å². The van der Waals surface area contributed by atoms with E-state index >= 15 is 0 Å². The summed E-state index contributed by atoms with van der Waals surface area (Å²) in [7, 11) is -3.32. The highest BCUT2D eigenvalue weighted by atomic mass is 32.2. The summed E-state index contributed by atoms with van der Waals surface area (Å²) in [5.74, 6) is -0.0205. The molecular formula is C10H11NO3S2. The Morgan fingerprint density at radius 1 is 1.38 bits per heavy atom. The van der Waals surface area contributed by atoms with Gasteiger partial charge in [0, 0.05) is 6.54 Å². The molecule has 1 aliphatic carbocycles. The molecule has 0 saturated heterocycles. The van der Waals surface area contributed by atoms with Crippen LogP contribution in [0.4, 0.5) is 0 Å². The van der Waals surface area contributed by atoms with Gasteiger partial charge in [0.1, 0.15) is 4.88 Å². The van der Waals surface area contributed by atoms with E-state index < -0.39 is 15.1 Å². The second-order valence-electron chi connectivity index (χ2n) is 4.24. The van der Waals surface area contributed by atoms with Crippen molar-refractivity contribution in [2.75, 3.05) is 6.54 Å². The summed E-state index contributed by atoms with van der Waals surface area (Å²) in [6, 6.07) is 1.55.